The predicted octanol–water partition coefficient (Wildman–Crippen LogP) is 2.35. The van der Waals surface area contributed by atoms with E-state index in [0.29, 0.717) is 25.5 Å². The molecule has 1 N–H and O–H groups in total. The lowest BCUT2D eigenvalue weighted by atomic mass is 10.0. The fourth-order valence-corrected chi connectivity index (χ4v) is 1.59. The van der Waals surface area contributed by atoms with Gasteiger partial charge in [-0.2, -0.15) is 0 Å². The summed E-state index contributed by atoms with van der Waals surface area (Å²) in [5.41, 5.74) is 0. The third-order valence-electron chi connectivity index (χ3n) is 2.62. The molecule has 96 valence electrons. The molecule has 1 unspecified atom stereocenters. The van der Waals surface area contributed by atoms with Gasteiger partial charge in [-0.15, -0.1) is 0 Å². The molecule has 0 aliphatic rings. The SMILES string of the molecule is CCOC(=O)CC(NCc1ccco1)C(C)C. The van der Waals surface area contributed by atoms with E-state index in [4.69, 9.17) is 9.15 Å². The molecule has 0 bridgehead atoms. The maximum Gasteiger partial charge on any atom is 0.307 e. The number of carbonyl (C=O) groups is 1. The van der Waals surface area contributed by atoms with Gasteiger partial charge in [0.1, 0.15) is 5.76 Å². The minimum Gasteiger partial charge on any atom is -0.468 e. The van der Waals surface area contributed by atoms with E-state index in [1.54, 1.807) is 6.26 Å². The van der Waals surface area contributed by atoms with Crippen molar-refractivity contribution in [1.82, 2.24) is 5.32 Å². The first-order chi connectivity index (χ1) is 8.13. The number of hydrogen-bond donors (Lipinski definition) is 1. The summed E-state index contributed by atoms with van der Waals surface area (Å²) in [5, 5.41) is 3.32. The average molecular weight is 239 g/mol. The van der Waals surface area contributed by atoms with Crippen molar-refractivity contribution < 1.29 is 13.9 Å². The molecule has 0 spiro atoms. The van der Waals surface area contributed by atoms with Gasteiger partial charge in [-0.1, -0.05) is 13.8 Å². The normalized spacial score (nSPS) is 12.7. The summed E-state index contributed by atoms with van der Waals surface area (Å²) >= 11 is 0. The Kier molecular flexibility index (Phi) is 5.77. The van der Waals surface area contributed by atoms with Crippen molar-refractivity contribution in [2.45, 2.75) is 39.8 Å². The Balaban J connectivity index is 2.40. The quantitative estimate of drug-likeness (QED) is 0.742. The summed E-state index contributed by atoms with van der Waals surface area (Å²) in [6, 6.07) is 3.88. The highest BCUT2D eigenvalue weighted by atomic mass is 16.5. The van der Waals surface area contributed by atoms with Crippen LogP contribution in [0.4, 0.5) is 0 Å². The van der Waals surface area contributed by atoms with Crippen LogP contribution in [-0.2, 0) is 16.1 Å². The Morgan fingerprint density at radius 2 is 2.29 bits per heavy atom. The molecule has 1 rings (SSSR count). The maximum absolute atomic E-state index is 11.4. The second-order valence-corrected chi connectivity index (χ2v) is 4.32. The highest BCUT2D eigenvalue weighted by Gasteiger charge is 2.18. The van der Waals surface area contributed by atoms with Crippen LogP contribution in [0.15, 0.2) is 22.8 Å². The standard InChI is InChI=1S/C13H21NO3/c1-4-16-13(15)8-12(10(2)3)14-9-11-6-5-7-17-11/h5-7,10,12,14H,4,8-9H2,1-3H3. The van der Waals surface area contributed by atoms with E-state index in [0.717, 1.165) is 5.76 Å². The first kappa shape index (κ1) is 13.8. The van der Waals surface area contributed by atoms with Gasteiger partial charge in [0.05, 0.1) is 25.8 Å². The van der Waals surface area contributed by atoms with Crippen molar-refractivity contribution in [3.63, 3.8) is 0 Å². The Morgan fingerprint density at radius 3 is 2.82 bits per heavy atom. The number of nitrogens with one attached hydrogen (secondary N) is 1. The van der Waals surface area contributed by atoms with Crippen LogP contribution in [0.3, 0.4) is 0 Å². The number of furan rings is 1. The minimum atomic E-state index is -0.154. The molecule has 0 amide bonds. The van der Waals surface area contributed by atoms with E-state index >= 15 is 0 Å². The molecule has 1 aromatic heterocycles. The lowest BCUT2D eigenvalue weighted by Gasteiger charge is -2.20. The van der Waals surface area contributed by atoms with Gasteiger partial charge >= 0.3 is 5.97 Å². The molecule has 0 aliphatic carbocycles. The van der Waals surface area contributed by atoms with Crippen LogP contribution in [0, 0.1) is 5.92 Å². The van der Waals surface area contributed by atoms with Gasteiger partial charge in [0.15, 0.2) is 0 Å². The van der Waals surface area contributed by atoms with Gasteiger partial charge < -0.3 is 14.5 Å². The molecule has 0 saturated carbocycles. The average Bonchev–Trinajstić information content (AvgIpc) is 2.77. The number of rotatable bonds is 7. The second kappa shape index (κ2) is 7.12. The fourth-order valence-electron chi connectivity index (χ4n) is 1.59. The molecule has 1 atom stereocenters. The molecule has 1 aromatic rings. The van der Waals surface area contributed by atoms with Crippen molar-refractivity contribution in [1.29, 1.82) is 0 Å². The molecule has 1 heterocycles. The van der Waals surface area contributed by atoms with E-state index < -0.39 is 0 Å². The molecular weight excluding hydrogens is 218 g/mol. The molecule has 17 heavy (non-hydrogen) atoms. The highest BCUT2D eigenvalue weighted by molar-refractivity contribution is 5.70. The monoisotopic (exact) mass is 239 g/mol. The van der Waals surface area contributed by atoms with Crippen LogP contribution in [0.5, 0.6) is 0 Å². The van der Waals surface area contributed by atoms with Gasteiger partial charge in [0.25, 0.3) is 0 Å². The van der Waals surface area contributed by atoms with Crippen molar-refractivity contribution in [3.8, 4) is 0 Å². The van der Waals surface area contributed by atoms with Crippen LogP contribution in [0.25, 0.3) is 0 Å². The lowest BCUT2D eigenvalue weighted by Crippen LogP contribution is -2.35. The third kappa shape index (κ3) is 5.04. The molecule has 0 aliphatic heterocycles. The zero-order valence-corrected chi connectivity index (χ0v) is 10.7. The maximum atomic E-state index is 11.4. The first-order valence-corrected chi connectivity index (χ1v) is 6.04. The summed E-state index contributed by atoms with van der Waals surface area (Å²) in [6.07, 6.45) is 2.04. The molecular formula is C13H21NO3. The molecule has 4 nitrogen and oxygen atoms in total. The second-order valence-electron chi connectivity index (χ2n) is 4.32. The van der Waals surface area contributed by atoms with E-state index in [9.17, 15) is 4.79 Å². The Morgan fingerprint density at radius 1 is 1.53 bits per heavy atom. The number of carbonyl (C=O) groups excluding carboxylic acids is 1. The van der Waals surface area contributed by atoms with Crippen molar-refractivity contribution >= 4 is 5.97 Å². The van der Waals surface area contributed by atoms with Gasteiger partial charge in [0.2, 0.25) is 0 Å². The van der Waals surface area contributed by atoms with Gasteiger partial charge in [0, 0.05) is 6.04 Å². The topological polar surface area (TPSA) is 51.5 Å². The first-order valence-electron chi connectivity index (χ1n) is 6.04. The lowest BCUT2D eigenvalue weighted by molar-refractivity contribution is -0.144. The van der Waals surface area contributed by atoms with E-state index in [1.165, 1.54) is 0 Å². The molecule has 4 heteroatoms. The summed E-state index contributed by atoms with van der Waals surface area (Å²) in [4.78, 5) is 11.4. The smallest absolute Gasteiger partial charge is 0.307 e. The largest absolute Gasteiger partial charge is 0.468 e. The summed E-state index contributed by atoms with van der Waals surface area (Å²) in [5.74, 6) is 1.09. The van der Waals surface area contributed by atoms with Crippen molar-refractivity contribution in [3.05, 3.63) is 24.2 Å². The zero-order chi connectivity index (χ0) is 12.7. The van der Waals surface area contributed by atoms with Gasteiger partial charge in [-0.05, 0) is 25.0 Å². The third-order valence-corrected chi connectivity index (χ3v) is 2.62. The van der Waals surface area contributed by atoms with Crippen LogP contribution in [-0.4, -0.2) is 18.6 Å². The number of ether oxygens (including phenoxy) is 1. The fraction of sp³-hybridized carbons (Fsp3) is 0.615. The predicted molar refractivity (Wildman–Crippen MR) is 65.4 cm³/mol. The Bertz CT molecular complexity index is 319. The molecule has 0 saturated heterocycles. The Labute approximate surface area is 102 Å². The number of hydrogen-bond acceptors (Lipinski definition) is 4. The van der Waals surface area contributed by atoms with Crippen molar-refractivity contribution in [2.24, 2.45) is 5.92 Å². The summed E-state index contributed by atoms with van der Waals surface area (Å²) < 4.78 is 10.2. The highest BCUT2D eigenvalue weighted by Crippen LogP contribution is 2.09. The van der Waals surface area contributed by atoms with E-state index in [-0.39, 0.29) is 12.0 Å². The van der Waals surface area contributed by atoms with Gasteiger partial charge in [-0.3, -0.25) is 4.79 Å². The van der Waals surface area contributed by atoms with Crippen LogP contribution in [0.2, 0.25) is 0 Å². The van der Waals surface area contributed by atoms with Crippen LogP contribution < -0.4 is 5.32 Å². The minimum absolute atomic E-state index is 0.110. The van der Waals surface area contributed by atoms with Crippen LogP contribution >= 0.6 is 0 Å². The van der Waals surface area contributed by atoms with E-state index in [1.807, 2.05) is 19.1 Å². The summed E-state index contributed by atoms with van der Waals surface area (Å²) in [6.45, 7) is 7.05. The summed E-state index contributed by atoms with van der Waals surface area (Å²) in [7, 11) is 0. The molecule has 0 aromatic carbocycles. The number of esters is 1. The van der Waals surface area contributed by atoms with Gasteiger partial charge in [-0.25, -0.2) is 0 Å². The Hall–Kier alpha value is -1.29. The molecule has 0 radical (unpaired) electrons. The van der Waals surface area contributed by atoms with Crippen molar-refractivity contribution in [2.75, 3.05) is 6.61 Å². The zero-order valence-electron chi connectivity index (χ0n) is 10.7. The van der Waals surface area contributed by atoms with E-state index in [2.05, 4.69) is 19.2 Å². The molecule has 0 fully saturated rings. The van der Waals surface area contributed by atoms with Crippen LogP contribution in [0.1, 0.15) is 33.0 Å².